The number of aromatic amines is 1. The Balaban J connectivity index is 2.13. The van der Waals surface area contributed by atoms with Gasteiger partial charge in [0, 0.05) is 24.9 Å². The number of aliphatic hydroxyl groups is 1. The van der Waals surface area contributed by atoms with Gasteiger partial charge in [0.05, 0.1) is 19.5 Å². The van der Waals surface area contributed by atoms with Crippen LogP contribution in [0.25, 0.3) is 0 Å². The number of carboxylic acid groups (broad SMARTS) is 1. The minimum atomic E-state index is -1.46. The van der Waals surface area contributed by atoms with Crippen LogP contribution in [0.5, 0.6) is 0 Å². The topological polar surface area (TPSA) is 191 Å². The fraction of sp³-hybridized carbons (Fsp3) is 0.562. The van der Waals surface area contributed by atoms with Crippen molar-refractivity contribution < 1.29 is 29.4 Å². The molecule has 0 aliphatic carbocycles. The number of aliphatic carboxylic acids is 1. The van der Waals surface area contributed by atoms with Crippen LogP contribution in [-0.2, 0) is 25.6 Å². The number of amides is 3. The summed E-state index contributed by atoms with van der Waals surface area (Å²) in [6, 6.07) is -3.30. The smallest absolute Gasteiger partial charge is 0.328 e. The number of nitrogens with zero attached hydrogens (tertiary/aromatic N) is 2. The van der Waals surface area contributed by atoms with Crippen LogP contribution in [0.3, 0.4) is 0 Å². The van der Waals surface area contributed by atoms with Crippen molar-refractivity contribution in [1.82, 2.24) is 25.5 Å². The van der Waals surface area contributed by atoms with Gasteiger partial charge in [0.25, 0.3) is 0 Å². The fourth-order valence-electron chi connectivity index (χ4n) is 3.03. The summed E-state index contributed by atoms with van der Waals surface area (Å²) < 4.78 is 0. The van der Waals surface area contributed by atoms with Gasteiger partial charge in [-0.05, 0) is 12.8 Å². The van der Waals surface area contributed by atoms with Gasteiger partial charge in [-0.2, -0.15) is 0 Å². The van der Waals surface area contributed by atoms with Crippen LogP contribution in [0.2, 0.25) is 0 Å². The number of H-pyrrole nitrogens is 1. The highest BCUT2D eigenvalue weighted by molar-refractivity contribution is 5.94. The fourth-order valence-corrected chi connectivity index (χ4v) is 3.03. The Morgan fingerprint density at radius 1 is 1.32 bits per heavy atom. The van der Waals surface area contributed by atoms with Crippen LogP contribution in [-0.4, -0.2) is 86.6 Å². The first-order valence-electron chi connectivity index (χ1n) is 8.78. The molecule has 12 nitrogen and oxygen atoms in total. The third-order valence-electron chi connectivity index (χ3n) is 4.43. The van der Waals surface area contributed by atoms with E-state index in [4.69, 9.17) is 15.9 Å². The number of carbonyl (C=O) groups excluding carboxylic acids is 3. The van der Waals surface area contributed by atoms with E-state index in [9.17, 15) is 19.2 Å². The maximum Gasteiger partial charge on any atom is 0.328 e. The molecule has 154 valence electrons. The molecule has 2 rings (SSSR count). The predicted octanol–water partition coefficient (Wildman–Crippen LogP) is -3.05. The van der Waals surface area contributed by atoms with Gasteiger partial charge in [-0.1, -0.05) is 0 Å². The first-order chi connectivity index (χ1) is 13.4. The van der Waals surface area contributed by atoms with Crippen LogP contribution in [0.15, 0.2) is 12.5 Å². The molecule has 3 unspecified atom stereocenters. The van der Waals surface area contributed by atoms with Gasteiger partial charge in [-0.25, -0.2) is 9.78 Å². The lowest BCUT2D eigenvalue weighted by atomic mass is 10.1. The van der Waals surface area contributed by atoms with Crippen molar-refractivity contribution in [3.63, 3.8) is 0 Å². The second-order valence-corrected chi connectivity index (χ2v) is 6.38. The largest absolute Gasteiger partial charge is 0.480 e. The van der Waals surface area contributed by atoms with E-state index in [1.165, 1.54) is 17.4 Å². The monoisotopic (exact) mass is 396 g/mol. The summed E-state index contributed by atoms with van der Waals surface area (Å²) in [4.78, 5) is 56.2. The molecule has 1 aliphatic heterocycles. The van der Waals surface area contributed by atoms with Gasteiger partial charge in [-0.15, -0.1) is 0 Å². The lowest BCUT2D eigenvalue weighted by Gasteiger charge is -2.29. The highest BCUT2D eigenvalue weighted by Crippen LogP contribution is 2.19. The molecule has 0 radical (unpaired) electrons. The van der Waals surface area contributed by atoms with Crippen molar-refractivity contribution in [3.8, 4) is 0 Å². The lowest BCUT2D eigenvalue weighted by Crippen LogP contribution is -2.56. The van der Waals surface area contributed by atoms with E-state index < -0.39 is 48.4 Å². The molecule has 0 saturated carbocycles. The lowest BCUT2D eigenvalue weighted by molar-refractivity contribution is -0.145. The van der Waals surface area contributed by atoms with Crippen molar-refractivity contribution in [1.29, 1.82) is 0 Å². The SMILES string of the molecule is NCC(=O)NC(Cc1cnc[nH]1)C(=O)N1CCCC1C(=O)NC(CO)C(=O)O. The molecule has 1 aromatic heterocycles. The molecule has 1 fully saturated rings. The Morgan fingerprint density at radius 3 is 2.64 bits per heavy atom. The zero-order chi connectivity index (χ0) is 20.7. The molecule has 0 bridgehead atoms. The second-order valence-electron chi connectivity index (χ2n) is 6.38. The molecule has 7 N–H and O–H groups in total. The number of hydrogen-bond donors (Lipinski definition) is 6. The van der Waals surface area contributed by atoms with E-state index in [2.05, 4.69) is 20.6 Å². The maximum absolute atomic E-state index is 13.0. The molecular weight excluding hydrogens is 372 g/mol. The number of nitrogens with one attached hydrogen (secondary N) is 3. The van der Waals surface area contributed by atoms with Crippen LogP contribution < -0.4 is 16.4 Å². The van der Waals surface area contributed by atoms with Gasteiger partial charge >= 0.3 is 5.97 Å². The zero-order valence-electron chi connectivity index (χ0n) is 15.1. The van der Waals surface area contributed by atoms with Crippen molar-refractivity contribution in [2.45, 2.75) is 37.4 Å². The van der Waals surface area contributed by atoms with Crippen molar-refractivity contribution in [2.75, 3.05) is 19.7 Å². The van der Waals surface area contributed by atoms with E-state index >= 15 is 0 Å². The van der Waals surface area contributed by atoms with Gasteiger partial charge in [0.2, 0.25) is 17.7 Å². The van der Waals surface area contributed by atoms with Crippen LogP contribution >= 0.6 is 0 Å². The number of rotatable bonds is 9. The van der Waals surface area contributed by atoms with Crippen molar-refractivity contribution in [2.24, 2.45) is 5.73 Å². The standard InChI is InChI=1S/C16H24N6O6/c17-5-13(24)20-10(4-9-6-18-8-19-9)15(26)22-3-1-2-12(22)14(25)21-11(7-23)16(27)28/h6,8,10-12,23H,1-5,7,17H2,(H,18,19)(H,20,24)(H,21,25)(H,27,28). The molecule has 1 aliphatic rings. The van der Waals surface area contributed by atoms with Gasteiger partial charge in [0.15, 0.2) is 0 Å². The van der Waals surface area contributed by atoms with E-state index in [1.54, 1.807) is 0 Å². The molecule has 28 heavy (non-hydrogen) atoms. The Hall–Kier alpha value is -2.99. The summed E-state index contributed by atoms with van der Waals surface area (Å²) in [7, 11) is 0. The molecule has 12 heteroatoms. The molecule has 0 spiro atoms. The van der Waals surface area contributed by atoms with Gasteiger partial charge in [-0.3, -0.25) is 14.4 Å². The quantitative estimate of drug-likeness (QED) is 0.253. The minimum absolute atomic E-state index is 0.129. The number of hydrogen-bond acceptors (Lipinski definition) is 7. The third kappa shape index (κ3) is 5.27. The van der Waals surface area contributed by atoms with E-state index in [0.717, 1.165) is 0 Å². The molecular formula is C16H24N6O6. The van der Waals surface area contributed by atoms with E-state index in [0.29, 0.717) is 18.5 Å². The predicted molar refractivity (Wildman–Crippen MR) is 94.7 cm³/mol. The summed E-state index contributed by atoms with van der Waals surface area (Å²) >= 11 is 0. The van der Waals surface area contributed by atoms with Crippen LogP contribution in [0.4, 0.5) is 0 Å². The summed E-state index contributed by atoms with van der Waals surface area (Å²) in [5.74, 6) is -3.05. The molecule has 3 amide bonds. The zero-order valence-corrected chi connectivity index (χ0v) is 15.1. The van der Waals surface area contributed by atoms with E-state index in [1.807, 2.05) is 0 Å². The summed E-state index contributed by atoms with van der Waals surface area (Å²) in [6.07, 6.45) is 3.97. The number of carbonyl (C=O) groups is 4. The van der Waals surface area contributed by atoms with Crippen LogP contribution in [0.1, 0.15) is 18.5 Å². The Morgan fingerprint density at radius 2 is 2.07 bits per heavy atom. The highest BCUT2D eigenvalue weighted by atomic mass is 16.4. The third-order valence-corrected chi connectivity index (χ3v) is 4.43. The number of nitrogens with two attached hydrogens (primary N) is 1. The van der Waals surface area contributed by atoms with Crippen LogP contribution in [0, 0.1) is 0 Å². The molecule has 0 aromatic carbocycles. The first kappa shape index (κ1) is 21.3. The van der Waals surface area contributed by atoms with Crippen molar-refractivity contribution in [3.05, 3.63) is 18.2 Å². The average molecular weight is 396 g/mol. The summed E-state index contributed by atoms with van der Waals surface area (Å²) in [5, 5.41) is 22.8. The number of likely N-dealkylation sites (tertiary alicyclic amines) is 1. The Kier molecular flexibility index (Phi) is 7.46. The van der Waals surface area contributed by atoms with Gasteiger partial charge in [0.1, 0.15) is 18.1 Å². The van der Waals surface area contributed by atoms with Crippen molar-refractivity contribution >= 4 is 23.7 Å². The number of carboxylic acids is 1. The summed E-state index contributed by atoms with van der Waals surface area (Å²) in [5.41, 5.74) is 5.93. The molecule has 2 heterocycles. The summed E-state index contributed by atoms with van der Waals surface area (Å²) in [6.45, 7) is -0.782. The number of imidazole rings is 1. The first-order valence-corrected chi connectivity index (χ1v) is 8.78. The average Bonchev–Trinajstić information content (AvgIpc) is 3.36. The Labute approximate surface area is 160 Å². The number of aromatic nitrogens is 2. The normalized spacial score (nSPS) is 18.4. The number of aliphatic hydroxyl groups excluding tert-OH is 1. The minimum Gasteiger partial charge on any atom is -0.480 e. The highest BCUT2D eigenvalue weighted by Gasteiger charge is 2.38. The van der Waals surface area contributed by atoms with Gasteiger partial charge < -0.3 is 36.5 Å². The Bertz CT molecular complexity index is 708. The maximum atomic E-state index is 13.0. The molecule has 3 atom stereocenters. The second kappa shape index (κ2) is 9.80. The van der Waals surface area contributed by atoms with E-state index in [-0.39, 0.29) is 19.5 Å². The molecule has 1 aromatic rings. The molecule has 1 saturated heterocycles.